The standard InChI is InChI=1S/C23H25NO4/c1-16-22(23(25)24-11-10-18(13-24)14-26-2)20-12-19(8-9-21(20)28-16)27-15-17-6-4-3-5-7-17/h3-9,12,18H,10-11,13-15H2,1-2H3/t18-/m0/s1. The zero-order valence-corrected chi connectivity index (χ0v) is 16.3. The number of carbonyl (C=O) groups excluding carboxylic acids is 1. The Bertz CT molecular complexity index is 963. The summed E-state index contributed by atoms with van der Waals surface area (Å²) in [5.41, 5.74) is 2.45. The first kappa shape index (κ1) is 18.6. The monoisotopic (exact) mass is 379 g/mol. The molecule has 0 saturated carbocycles. The lowest BCUT2D eigenvalue weighted by molar-refractivity contribution is 0.0775. The number of amides is 1. The Morgan fingerprint density at radius 1 is 1.21 bits per heavy atom. The number of hydrogen-bond acceptors (Lipinski definition) is 4. The van der Waals surface area contributed by atoms with Crippen LogP contribution in [0.25, 0.3) is 11.0 Å². The number of fused-ring (bicyclic) bond motifs is 1. The molecule has 1 fully saturated rings. The summed E-state index contributed by atoms with van der Waals surface area (Å²) < 4.78 is 17.0. The van der Waals surface area contributed by atoms with Gasteiger partial charge in [0.25, 0.3) is 5.91 Å². The number of nitrogens with zero attached hydrogens (tertiary/aromatic N) is 1. The van der Waals surface area contributed by atoms with Gasteiger partial charge in [0.1, 0.15) is 23.7 Å². The molecular weight excluding hydrogens is 354 g/mol. The van der Waals surface area contributed by atoms with Crippen molar-refractivity contribution < 1.29 is 18.7 Å². The van der Waals surface area contributed by atoms with Gasteiger partial charge in [0.05, 0.1) is 12.2 Å². The third kappa shape index (κ3) is 3.76. The number of benzene rings is 2. The Morgan fingerprint density at radius 2 is 2.04 bits per heavy atom. The van der Waals surface area contributed by atoms with Crippen LogP contribution in [0.15, 0.2) is 52.9 Å². The highest BCUT2D eigenvalue weighted by Gasteiger charge is 2.30. The third-order valence-electron chi connectivity index (χ3n) is 5.27. The zero-order valence-electron chi connectivity index (χ0n) is 16.3. The molecule has 5 nitrogen and oxygen atoms in total. The van der Waals surface area contributed by atoms with Gasteiger partial charge in [0.15, 0.2) is 0 Å². The van der Waals surface area contributed by atoms with E-state index in [0.29, 0.717) is 36.0 Å². The first-order valence-corrected chi connectivity index (χ1v) is 9.64. The predicted octanol–water partition coefficient (Wildman–Crippen LogP) is 4.43. The Kier molecular flexibility index (Phi) is 5.35. The fraction of sp³-hybridized carbons (Fsp3) is 0.348. The summed E-state index contributed by atoms with van der Waals surface area (Å²) in [4.78, 5) is 15.1. The number of rotatable bonds is 6. The Hall–Kier alpha value is -2.79. The first-order chi connectivity index (χ1) is 13.7. The summed E-state index contributed by atoms with van der Waals surface area (Å²) >= 11 is 0. The van der Waals surface area contributed by atoms with Crippen molar-refractivity contribution in [1.82, 2.24) is 4.90 Å². The Balaban J connectivity index is 1.56. The van der Waals surface area contributed by atoms with Crippen LogP contribution in [0.1, 0.15) is 28.1 Å². The van der Waals surface area contributed by atoms with Crippen LogP contribution < -0.4 is 4.74 Å². The van der Waals surface area contributed by atoms with E-state index in [1.165, 1.54) is 0 Å². The van der Waals surface area contributed by atoms with Gasteiger partial charge >= 0.3 is 0 Å². The number of likely N-dealkylation sites (tertiary alicyclic amines) is 1. The fourth-order valence-electron chi connectivity index (χ4n) is 3.84. The number of furan rings is 1. The van der Waals surface area contributed by atoms with E-state index < -0.39 is 0 Å². The van der Waals surface area contributed by atoms with Crippen molar-refractivity contribution in [2.24, 2.45) is 5.92 Å². The number of hydrogen-bond donors (Lipinski definition) is 0. The molecule has 1 aromatic heterocycles. The molecule has 0 spiro atoms. The normalized spacial score (nSPS) is 16.6. The average molecular weight is 379 g/mol. The van der Waals surface area contributed by atoms with Crippen LogP contribution in [0.4, 0.5) is 0 Å². The summed E-state index contributed by atoms with van der Waals surface area (Å²) in [6.07, 6.45) is 0.972. The van der Waals surface area contributed by atoms with Crippen molar-refractivity contribution in [2.75, 3.05) is 26.8 Å². The van der Waals surface area contributed by atoms with Crippen LogP contribution in [-0.4, -0.2) is 37.6 Å². The molecule has 146 valence electrons. The quantitative estimate of drug-likeness (QED) is 0.636. The minimum absolute atomic E-state index is 0.0232. The van der Waals surface area contributed by atoms with Gasteiger partial charge in [-0.25, -0.2) is 0 Å². The highest BCUT2D eigenvalue weighted by molar-refractivity contribution is 6.07. The van der Waals surface area contributed by atoms with E-state index in [0.717, 1.165) is 36.2 Å². The van der Waals surface area contributed by atoms with E-state index in [-0.39, 0.29) is 5.91 Å². The van der Waals surface area contributed by atoms with Crippen molar-refractivity contribution in [3.8, 4) is 5.75 Å². The Morgan fingerprint density at radius 3 is 2.82 bits per heavy atom. The maximum atomic E-state index is 13.2. The lowest BCUT2D eigenvalue weighted by atomic mass is 10.1. The van der Waals surface area contributed by atoms with Gasteiger partial charge < -0.3 is 18.8 Å². The molecule has 4 rings (SSSR count). The van der Waals surface area contributed by atoms with Gasteiger partial charge in [-0.05, 0) is 37.1 Å². The first-order valence-electron chi connectivity index (χ1n) is 9.64. The van der Waals surface area contributed by atoms with E-state index in [1.807, 2.05) is 60.4 Å². The summed E-state index contributed by atoms with van der Waals surface area (Å²) in [5.74, 6) is 1.80. The van der Waals surface area contributed by atoms with Crippen molar-refractivity contribution in [2.45, 2.75) is 20.0 Å². The van der Waals surface area contributed by atoms with E-state index in [9.17, 15) is 4.79 Å². The smallest absolute Gasteiger partial charge is 0.258 e. The molecule has 1 amide bonds. The molecule has 5 heteroatoms. The zero-order chi connectivity index (χ0) is 19.5. The lowest BCUT2D eigenvalue weighted by Gasteiger charge is -2.16. The Labute approximate surface area is 164 Å². The number of ether oxygens (including phenoxy) is 2. The van der Waals surface area contributed by atoms with Crippen LogP contribution in [0.5, 0.6) is 5.75 Å². The second-order valence-corrected chi connectivity index (χ2v) is 7.33. The van der Waals surface area contributed by atoms with Crippen LogP contribution in [-0.2, 0) is 11.3 Å². The van der Waals surface area contributed by atoms with Crippen molar-refractivity contribution in [3.05, 3.63) is 65.4 Å². The molecule has 0 N–H and O–H groups in total. The predicted molar refractivity (Wildman–Crippen MR) is 108 cm³/mol. The van der Waals surface area contributed by atoms with Gasteiger partial charge in [-0.2, -0.15) is 0 Å². The van der Waals surface area contributed by atoms with E-state index in [4.69, 9.17) is 13.9 Å². The summed E-state index contributed by atoms with van der Waals surface area (Å²) in [6.45, 7) is 4.50. The third-order valence-corrected chi connectivity index (χ3v) is 5.27. The molecule has 1 atom stereocenters. The van der Waals surface area contributed by atoms with Crippen molar-refractivity contribution >= 4 is 16.9 Å². The summed E-state index contributed by atoms with van der Waals surface area (Å²) in [6, 6.07) is 15.7. The summed E-state index contributed by atoms with van der Waals surface area (Å²) in [5, 5.41) is 0.809. The minimum atomic E-state index is 0.0232. The molecule has 3 aromatic rings. The highest BCUT2D eigenvalue weighted by Crippen LogP contribution is 2.31. The van der Waals surface area contributed by atoms with Crippen LogP contribution in [0.2, 0.25) is 0 Å². The van der Waals surface area contributed by atoms with Crippen molar-refractivity contribution in [1.29, 1.82) is 0 Å². The number of aryl methyl sites for hydroxylation is 1. The molecule has 2 aromatic carbocycles. The van der Waals surface area contributed by atoms with Gasteiger partial charge in [-0.1, -0.05) is 30.3 Å². The summed E-state index contributed by atoms with van der Waals surface area (Å²) in [7, 11) is 1.70. The van der Waals surface area contributed by atoms with Crippen LogP contribution in [0, 0.1) is 12.8 Å². The van der Waals surface area contributed by atoms with E-state index in [2.05, 4.69) is 0 Å². The molecule has 0 radical (unpaired) electrons. The molecule has 1 saturated heterocycles. The maximum absolute atomic E-state index is 13.2. The van der Waals surface area contributed by atoms with Gasteiger partial charge in [0, 0.05) is 31.5 Å². The highest BCUT2D eigenvalue weighted by atomic mass is 16.5. The molecule has 2 heterocycles. The molecule has 1 aliphatic heterocycles. The molecule has 1 aliphatic rings. The molecule has 0 unspecified atom stereocenters. The molecule has 0 bridgehead atoms. The maximum Gasteiger partial charge on any atom is 0.258 e. The van der Waals surface area contributed by atoms with Gasteiger partial charge in [-0.3, -0.25) is 4.79 Å². The van der Waals surface area contributed by atoms with Crippen LogP contribution >= 0.6 is 0 Å². The van der Waals surface area contributed by atoms with Gasteiger partial charge in [0.2, 0.25) is 0 Å². The minimum Gasteiger partial charge on any atom is -0.489 e. The van der Waals surface area contributed by atoms with Crippen molar-refractivity contribution in [3.63, 3.8) is 0 Å². The molecule has 28 heavy (non-hydrogen) atoms. The molecule has 0 aliphatic carbocycles. The second kappa shape index (κ2) is 8.07. The number of carbonyl (C=O) groups is 1. The molecular formula is C23H25NO4. The van der Waals surface area contributed by atoms with Crippen LogP contribution in [0.3, 0.4) is 0 Å². The average Bonchev–Trinajstić information content (AvgIpc) is 3.30. The van der Waals surface area contributed by atoms with E-state index in [1.54, 1.807) is 7.11 Å². The lowest BCUT2D eigenvalue weighted by Crippen LogP contribution is -2.29. The SMILES string of the molecule is COC[C@H]1CCN(C(=O)c2c(C)oc3ccc(OCc4ccccc4)cc23)C1. The number of methoxy groups -OCH3 is 1. The second-order valence-electron chi connectivity index (χ2n) is 7.33. The largest absolute Gasteiger partial charge is 0.489 e. The topological polar surface area (TPSA) is 51.9 Å². The fourth-order valence-corrected chi connectivity index (χ4v) is 3.84. The van der Waals surface area contributed by atoms with Gasteiger partial charge in [-0.15, -0.1) is 0 Å². The van der Waals surface area contributed by atoms with E-state index >= 15 is 0 Å².